The van der Waals surface area contributed by atoms with E-state index in [1.54, 1.807) is 39.0 Å². The highest BCUT2D eigenvalue weighted by molar-refractivity contribution is 7.99. The molecule has 0 fully saturated rings. The summed E-state index contributed by atoms with van der Waals surface area (Å²) in [5, 5.41) is 12.1. The molecule has 0 saturated heterocycles. The van der Waals surface area contributed by atoms with Gasteiger partial charge in [-0.25, -0.2) is 14.4 Å². The molecule has 1 atom stereocenters. The first-order chi connectivity index (χ1) is 15.4. The average Bonchev–Trinajstić information content (AvgIpc) is 2.79. The number of esters is 3. The fourth-order valence-corrected chi connectivity index (χ4v) is 4.40. The molecule has 0 aliphatic heterocycles. The first-order valence-corrected chi connectivity index (χ1v) is 11.4. The third kappa shape index (κ3) is 5.89. The smallest absolute Gasteiger partial charge is 0.351 e. The molecule has 0 radical (unpaired) electrons. The summed E-state index contributed by atoms with van der Waals surface area (Å²) < 4.78 is 15.0. The van der Waals surface area contributed by atoms with Crippen molar-refractivity contribution < 1.29 is 33.7 Å². The van der Waals surface area contributed by atoms with Crippen LogP contribution < -0.4 is 0 Å². The summed E-state index contributed by atoms with van der Waals surface area (Å²) >= 11 is 1.12. The predicted molar refractivity (Wildman–Crippen MR) is 123 cm³/mol. The van der Waals surface area contributed by atoms with Crippen LogP contribution in [-0.2, 0) is 28.6 Å². The Hall–Kier alpha value is -2.84. The van der Waals surface area contributed by atoms with Crippen LogP contribution in [-0.4, -0.2) is 54.2 Å². The van der Waals surface area contributed by atoms with Gasteiger partial charge in [0.05, 0.1) is 25.1 Å². The predicted octanol–water partition coefficient (Wildman–Crippen LogP) is 3.59. The van der Waals surface area contributed by atoms with Crippen molar-refractivity contribution in [2.24, 2.45) is 0 Å². The Kier molecular flexibility index (Phi) is 9.74. The Morgan fingerprint density at radius 2 is 1.53 bits per heavy atom. The number of hydrogen-bond acceptors (Lipinski definition) is 8. The summed E-state index contributed by atoms with van der Waals surface area (Å²) in [6, 6.07) is 12.9. The lowest BCUT2D eigenvalue weighted by molar-refractivity contribution is -0.183. The first-order valence-electron chi connectivity index (χ1n) is 10.4. The quantitative estimate of drug-likeness (QED) is 0.235. The second kappa shape index (κ2) is 12.3. The van der Waals surface area contributed by atoms with Gasteiger partial charge in [0, 0.05) is 11.8 Å². The van der Waals surface area contributed by atoms with E-state index in [1.807, 2.05) is 30.3 Å². The van der Waals surface area contributed by atoms with Gasteiger partial charge in [-0.3, -0.25) is 0 Å². The van der Waals surface area contributed by atoms with Gasteiger partial charge in [-0.1, -0.05) is 48.5 Å². The fraction of sp³-hybridized carbons (Fsp3) is 0.375. The molecule has 7 nitrogen and oxygen atoms in total. The standard InChI is InChI=1S/C24H28O7S/c1-4-29-20(25)15-10-16-32-21(19-14-9-12-17-11-7-8-13-18(17)19)24(28,22(26)30-5-2)23(27)31-6-3/h7-15,21,28H,4-6,16H2,1-3H3/b15-10+. The van der Waals surface area contributed by atoms with Crippen molar-refractivity contribution in [2.75, 3.05) is 25.6 Å². The van der Waals surface area contributed by atoms with Gasteiger partial charge < -0.3 is 19.3 Å². The minimum absolute atomic E-state index is 0.0176. The lowest BCUT2D eigenvalue weighted by Gasteiger charge is -2.32. The zero-order valence-corrected chi connectivity index (χ0v) is 19.2. The highest BCUT2D eigenvalue weighted by atomic mass is 32.2. The van der Waals surface area contributed by atoms with Crippen molar-refractivity contribution in [3.05, 3.63) is 60.2 Å². The lowest BCUT2D eigenvalue weighted by atomic mass is 9.90. The van der Waals surface area contributed by atoms with Crippen molar-refractivity contribution in [1.82, 2.24) is 0 Å². The van der Waals surface area contributed by atoms with E-state index in [1.165, 1.54) is 6.08 Å². The summed E-state index contributed by atoms with van der Waals surface area (Å²) in [7, 11) is 0. The summed E-state index contributed by atoms with van der Waals surface area (Å²) in [4.78, 5) is 37.4. The molecule has 172 valence electrons. The molecule has 1 N–H and O–H groups in total. The van der Waals surface area contributed by atoms with E-state index in [9.17, 15) is 19.5 Å². The number of carbonyl (C=O) groups is 3. The maximum absolute atomic E-state index is 12.9. The number of benzene rings is 2. The average molecular weight is 461 g/mol. The Morgan fingerprint density at radius 3 is 2.16 bits per heavy atom. The molecule has 0 spiro atoms. The molecule has 0 heterocycles. The molecular formula is C24H28O7S. The lowest BCUT2D eigenvalue weighted by Crippen LogP contribution is -2.52. The number of aliphatic hydroxyl groups is 1. The van der Waals surface area contributed by atoms with E-state index < -0.39 is 28.8 Å². The van der Waals surface area contributed by atoms with Crippen LogP contribution in [0, 0.1) is 0 Å². The molecule has 32 heavy (non-hydrogen) atoms. The SMILES string of the molecule is CCOC(=O)/C=C/CSC(c1cccc2ccccc12)C(O)(C(=O)OCC)C(=O)OCC. The van der Waals surface area contributed by atoms with Crippen LogP contribution in [0.25, 0.3) is 10.8 Å². The molecule has 0 aliphatic rings. The first kappa shape index (κ1) is 25.4. The summed E-state index contributed by atoms with van der Waals surface area (Å²) in [6.07, 6.45) is 2.82. The summed E-state index contributed by atoms with van der Waals surface area (Å²) in [5.74, 6) is -2.45. The minimum Gasteiger partial charge on any atom is -0.463 e. The van der Waals surface area contributed by atoms with Crippen LogP contribution >= 0.6 is 11.8 Å². The number of ether oxygens (including phenoxy) is 3. The minimum atomic E-state index is -2.58. The van der Waals surface area contributed by atoms with E-state index in [4.69, 9.17) is 14.2 Å². The number of fused-ring (bicyclic) bond motifs is 1. The molecule has 2 aromatic rings. The van der Waals surface area contributed by atoms with Crippen LogP contribution in [0.1, 0.15) is 31.6 Å². The number of rotatable bonds is 11. The van der Waals surface area contributed by atoms with E-state index in [0.29, 0.717) is 5.56 Å². The van der Waals surface area contributed by atoms with Gasteiger partial charge in [0.15, 0.2) is 0 Å². The maximum atomic E-state index is 12.9. The maximum Gasteiger partial charge on any atom is 0.351 e. The zero-order valence-electron chi connectivity index (χ0n) is 18.4. The van der Waals surface area contributed by atoms with E-state index >= 15 is 0 Å². The highest BCUT2D eigenvalue weighted by Gasteiger charge is 2.55. The van der Waals surface area contributed by atoms with Crippen molar-refractivity contribution >= 4 is 40.4 Å². The molecule has 0 bridgehead atoms. The molecule has 0 saturated carbocycles. The zero-order chi connectivity index (χ0) is 23.6. The Labute approximate surface area is 191 Å². The van der Waals surface area contributed by atoms with Gasteiger partial charge in [-0.15, -0.1) is 11.8 Å². The van der Waals surface area contributed by atoms with Crippen LogP contribution in [0.15, 0.2) is 54.6 Å². The molecule has 0 aliphatic carbocycles. The van der Waals surface area contributed by atoms with Crippen molar-refractivity contribution in [3.8, 4) is 0 Å². The second-order valence-electron chi connectivity index (χ2n) is 6.64. The van der Waals surface area contributed by atoms with Crippen LogP contribution in [0.5, 0.6) is 0 Å². The third-order valence-electron chi connectivity index (χ3n) is 4.56. The van der Waals surface area contributed by atoms with Gasteiger partial charge in [0.25, 0.3) is 5.60 Å². The van der Waals surface area contributed by atoms with Crippen molar-refractivity contribution in [3.63, 3.8) is 0 Å². The molecule has 8 heteroatoms. The largest absolute Gasteiger partial charge is 0.463 e. The van der Waals surface area contributed by atoms with Gasteiger partial charge in [0.1, 0.15) is 0 Å². The molecule has 2 aromatic carbocycles. The van der Waals surface area contributed by atoms with E-state index in [-0.39, 0.29) is 25.6 Å². The molecule has 1 unspecified atom stereocenters. The third-order valence-corrected chi connectivity index (χ3v) is 5.87. The summed E-state index contributed by atoms with van der Waals surface area (Å²) in [5.41, 5.74) is -2.01. The Balaban J connectivity index is 2.55. The molecule has 0 aromatic heterocycles. The topological polar surface area (TPSA) is 99.1 Å². The summed E-state index contributed by atoms with van der Waals surface area (Å²) in [6.45, 7) is 5.10. The van der Waals surface area contributed by atoms with Crippen LogP contribution in [0.2, 0.25) is 0 Å². The van der Waals surface area contributed by atoms with Gasteiger partial charge >= 0.3 is 17.9 Å². The molecule has 0 amide bonds. The monoisotopic (exact) mass is 460 g/mol. The molecule has 2 rings (SSSR count). The van der Waals surface area contributed by atoms with E-state index in [2.05, 4.69) is 0 Å². The van der Waals surface area contributed by atoms with Crippen LogP contribution in [0.3, 0.4) is 0 Å². The highest BCUT2D eigenvalue weighted by Crippen LogP contribution is 2.43. The second-order valence-corrected chi connectivity index (χ2v) is 7.78. The van der Waals surface area contributed by atoms with Gasteiger partial charge in [-0.2, -0.15) is 0 Å². The number of thioether (sulfide) groups is 1. The number of carbonyl (C=O) groups excluding carboxylic acids is 3. The normalized spacial score (nSPS) is 12.5. The van der Waals surface area contributed by atoms with Gasteiger partial charge in [-0.05, 0) is 37.1 Å². The van der Waals surface area contributed by atoms with E-state index in [0.717, 1.165) is 22.5 Å². The Morgan fingerprint density at radius 1 is 0.938 bits per heavy atom. The molecular weight excluding hydrogens is 432 g/mol. The number of hydrogen-bond donors (Lipinski definition) is 1. The van der Waals surface area contributed by atoms with Crippen molar-refractivity contribution in [1.29, 1.82) is 0 Å². The Bertz CT molecular complexity index is 946. The van der Waals surface area contributed by atoms with Gasteiger partial charge in [0.2, 0.25) is 0 Å². The van der Waals surface area contributed by atoms with Crippen molar-refractivity contribution in [2.45, 2.75) is 31.6 Å². The fourth-order valence-electron chi connectivity index (χ4n) is 3.18. The van der Waals surface area contributed by atoms with Crippen LogP contribution in [0.4, 0.5) is 0 Å².